The van der Waals surface area contributed by atoms with Crippen LogP contribution in [0.1, 0.15) is 36.0 Å². The highest BCUT2D eigenvalue weighted by Crippen LogP contribution is 2.19. The molecule has 1 aromatic carbocycles. The molecule has 1 amide bonds. The number of rotatable bonds is 7. The number of Topliss-reactive ketones (excluding diaryl/α,β-unsaturated/α-hetero) is 1. The van der Waals surface area contributed by atoms with Crippen LogP contribution in [0.3, 0.4) is 0 Å². The van der Waals surface area contributed by atoms with Gasteiger partial charge in [0.1, 0.15) is 5.82 Å². The van der Waals surface area contributed by atoms with Crippen molar-refractivity contribution in [1.82, 2.24) is 19.7 Å². The molecule has 0 saturated carbocycles. The number of carbonyl (C=O) groups is 2. The zero-order valence-electron chi connectivity index (χ0n) is 16.3. The monoisotopic (exact) mass is 408 g/mol. The first kappa shape index (κ1) is 19.7. The molecule has 0 atom stereocenters. The molecule has 1 N–H and O–H groups in total. The zero-order chi connectivity index (χ0) is 20.9. The summed E-state index contributed by atoms with van der Waals surface area (Å²) in [6, 6.07) is 5.27. The second-order valence-corrected chi connectivity index (χ2v) is 7.09. The molecular formula is C21H21FN6O2. The van der Waals surface area contributed by atoms with Crippen molar-refractivity contribution >= 4 is 23.1 Å². The number of ketones is 1. The third-order valence-electron chi connectivity index (χ3n) is 4.91. The van der Waals surface area contributed by atoms with E-state index in [4.69, 9.17) is 0 Å². The maximum absolute atomic E-state index is 12.9. The molecule has 2 aromatic heterocycles. The molecule has 3 heterocycles. The van der Waals surface area contributed by atoms with E-state index in [1.54, 1.807) is 18.6 Å². The van der Waals surface area contributed by atoms with Gasteiger partial charge in [-0.2, -0.15) is 5.10 Å². The average Bonchev–Trinajstić information content (AvgIpc) is 3.45. The van der Waals surface area contributed by atoms with Crippen LogP contribution in [0.5, 0.6) is 0 Å². The second kappa shape index (κ2) is 8.81. The Hall–Kier alpha value is -3.62. The minimum atomic E-state index is -0.407. The van der Waals surface area contributed by atoms with Crippen LogP contribution < -0.4 is 10.2 Å². The van der Waals surface area contributed by atoms with Crippen molar-refractivity contribution in [2.45, 2.75) is 25.7 Å². The van der Waals surface area contributed by atoms with Gasteiger partial charge in [-0.1, -0.05) is 0 Å². The first-order valence-corrected chi connectivity index (χ1v) is 9.79. The average molecular weight is 408 g/mol. The van der Waals surface area contributed by atoms with E-state index in [0.29, 0.717) is 17.2 Å². The highest BCUT2D eigenvalue weighted by atomic mass is 19.1. The summed E-state index contributed by atoms with van der Waals surface area (Å²) in [6.07, 6.45) is 9.07. The van der Waals surface area contributed by atoms with Gasteiger partial charge in [-0.05, 0) is 37.1 Å². The van der Waals surface area contributed by atoms with Gasteiger partial charge in [0, 0.05) is 31.5 Å². The predicted octanol–water partition coefficient (Wildman–Crippen LogP) is 3.00. The van der Waals surface area contributed by atoms with Crippen molar-refractivity contribution in [3.8, 4) is 5.95 Å². The smallest absolute Gasteiger partial charge is 0.250 e. The minimum Gasteiger partial charge on any atom is -0.369 e. The SMILES string of the molecule is O=C(CCC(=O)c1ccc(F)cc1)Nc1cnn(-c2ncc(N3CCCC3)cn2)c1. The number of aromatic nitrogens is 4. The van der Waals surface area contributed by atoms with Crippen LogP contribution in [0.2, 0.25) is 0 Å². The lowest BCUT2D eigenvalue weighted by molar-refractivity contribution is -0.116. The lowest BCUT2D eigenvalue weighted by atomic mass is 10.1. The number of hydrogen-bond donors (Lipinski definition) is 1. The Morgan fingerprint density at radius 2 is 1.70 bits per heavy atom. The zero-order valence-corrected chi connectivity index (χ0v) is 16.3. The van der Waals surface area contributed by atoms with Gasteiger partial charge in [-0.3, -0.25) is 9.59 Å². The summed E-state index contributed by atoms with van der Waals surface area (Å²) >= 11 is 0. The summed E-state index contributed by atoms with van der Waals surface area (Å²) < 4.78 is 14.4. The molecule has 1 fully saturated rings. The van der Waals surface area contributed by atoms with Crippen LogP contribution >= 0.6 is 0 Å². The predicted molar refractivity (Wildman–Crippen MR) is 109 cm³/mol. The van der Waals surface area contributed by atoms with Gasteiger partial charge in [0.25, 0.3) is 5.95 Å². The molecule has 0 spiro atoms. The Morgan fingerprint density at radius 1 is 1.00 bits per heavy atom. The minimum absolute atomic E-state index is 0.0163. The normalized spacial score (nSPS) is 13.4. The maximum atomic E-state index is 12.9. The van der Waals surface area contributed by atoms with Crippen molar-refractivity contribution in [2.75, 3.05) is 23.3 Å². The molecule has 4 rings (SSSR count). The molecule has 0 aliphatic carbocycles. The Bertz CT molecular complexity index is 1030. The summed E-state index contributed by atoms with van der Waals surface area (Å²) in [4.78, 5) is 35.2. The summed E-state index contributed by atoms with van der Waals surface area (Å²) in [5.41, 5.74) is 1.86. The standard InChI is InChI=1S/C21H21FN6O2/c22-16-5-3-15(4-6-16)19(29)7-8-20(30)26-17-11-25-28(14-17)21-23-12-18(13-24-21)27-9-1-2-10-27/h3-6,11-14H,1-2,7-10H2,(H,26,30). The highest BCUT2D eigenvalue weighted by Gasteiger charge is 2.14. The van der Waals surface area contributed by atoms with Gasteiger partial charge in [-0.15, -0.1) is 0 Å². The number of benzene rings is 1. The molecule has 1 saturated heterocycles. The van der Waals surface area contributed by atoms with Crippen LogP contribution in [0.4, 0.5) is 15.8 Å². The second-order valence-electron chi connectivity index (χ2n) is 7.09. The molecule has 3 aromatic rings. The molecule has 8 nitrogen and oxygen atoms in total. The summed E-state index contributed by atoms with van der Waals surface area (Å²) in [5, 5.41) is 6.88. The van der Waals surface area contributed by atoms with Crippen molar-refractivity contribution in [1.29, 1.82) is 0 Å². The molecule has 154 valence electrons. The fraction of sp³-hybridized carbons (Fsp3) is 0.286. The number of amides is 1. The molecule has 0 unspecified atom stereocenters. The van der Waals surface area contributed by atoms with Gasteiger partial charge in [-0.25, -0.2) is 19.0 Å². The largest absolute Gasteiger partial charge is 0.369 e. The van der Waals surface area contributed by atoms with Crippen LogP contribution in [-0.4, -0.2) is 44.5 Å². The van der Waals surface area contributed by atoms with Crippen molar-refractivity contribution in [3.63, 3.8) is 0 Å². The Balaban J connectivity index is 1.31. The fourth-order valence-electron chi connectivity index (χ4n) is 3.30. The lowest BCUT2D eigenvalue weighted by Crippen LogP contribution is -2.18. The molecule has 0 bridgehead atoms. The summed E-state index contributed by atoms with van der Waals surface area (Å²) in [5.74, 6) is -0.524. The van der Waals surface area contributed by atoms with E-state index in [1.165, 1.54) is 48.0 Å². The van der Waals surface area contributed by atoms with Gasteiger partial charge < -0.3 is 10.2 Å². The van der Waals surface area contributed by atoms with Crippen LogP contribution in [0.25, 0.3) is 5.95 Å². The van der Waals surface area contributed by atoms with Gasteiger partial charge >= 0.3 is 0 Å². The third kappa shape index (κ3) is 4.68. The van der Waals surface area contributed by atoms with Gasteiger partial charge in [0.15, 0.2) is 5.78 Å². The van der Waals surface area contributed by atoms with Gasteiger partial charge in [0.05, 0.1) is 36.2 Å². The lowest BCUT2D eigenvalue weighted by Gasteiger charge is -2.16. The van der Waals surface area contributed by atoms with E-state index in [1.807, 2.05) is 0 Å². The van der Waals surface area contributed by atoms with Gasteiger partial charge in [0.2, 0.25) is 5.91 Å². The van der Waals surface area contributed by atoms with Crippen molar-refractivity contribution in [2.24, 2.45) is 0 Å². The number of nitrogens with one attached hydrogen (secondary N) is 1. The molecule has 0 radical (unpaired) electrons. The van der Waals surface area contributed by atoms with Crippen LogP contribution in [-0.2, 0) is 4.79 Å². The fourth-order valence-corrected chi connectivity index (χ4v) is 3.30. The molecule has 1 aliphatic rings. The quantitative estimate of drug-likeness (QED) is 0.604. The van der Waals surface area contributed by atoms with E-state index in [0.717, 1.165) is 18.8 Å². The molecule has 9 heteroatoms. The first-order chi connectivity index (χ1) is 14.6. The van der Waals surface area contributed by atoms with Crippen molar-refractivity contribution in [3.05, 3.63) is 60.4 Å². The van der Waals surface area contributed by atoms with E-state index >= 15 is 0 Å². The van der Waals surface area contributed by atoms with Crippen LogP contribution in [0.15, 0.2) is 49.1 Å². The van der Waals surface area contributed by atoms with Crippen LogP contribution in [0, 0.1) is 5.82 Å². The Morgan fingerprint density at radius 3 is 2.40 bits per heavy atom. The highest BCUT2D eigenvalue weighted by molar-refractivity contribution is 5.99. The topological polar surface area (TPSA) is 93.0 Å². The summed E-state index contributed by atoms with van der Waals surface area (Å²) in [7, 11) is 0. The molecule has 1 aliphatic heterocycles. The Labute approximate surface area is 172 Å². The third-order valence-corrected chi connectivity index (χ3v) is 4.91. The number of nitrogens with zero attached hydrogens (tertiary/aromatic N) is 5. The molecular weight excluding hydrogens is 387 g/mol. The number of halogens is 1. The number of anilines is 2. The number of hydrogen-bond acceptors (Lipinski definition) is 6. The van der Waals surface area contributed by atoms with E-state index in [-0.39, 0.29) is 24.5 Å². The summed E-state index contributed by atoms with van der Waals surface area (Å²) in [6.45, 7) is 2.04. The number of carbonyl (C=O) groups excluding carboxylic acids is 2. The Kier molecular flexibility index (Phi) is 5.78. The van der Waals surface area contributed by atoms with E-state index in [9.17, 15) is 14.0 Å². The molecule has 30 heavy (non-hydrogen) atoms. The van der Waals surface area contributed by atoms with E-state index in [2.05, 4.69) is 25.3 Å². The first-order valence-electron chi connectivity index (χ1n) is 9.79. The van der Waals surface area contributed by atoms with E-state index < -0.39 is 5.82 Å². The maximum Gasteiger partial charge on any atom is 0.250 e. The van der Waals surface area contributed by atoms with Crippen molar-refractivity contribution < 1.29 is 14.0 Å².